The Labute approximate surface area is 79.9 Å². The predicted molar refractivity (Wildman–Crippen MR) is 47.0 cm³/mol. The van der Waals surface area contributed by atoms with Crippen molar-refractivity contribution in [2.75, 3.05) is 5.32 Å². The van der Waals surface area contributed by atoms with Crippen LogP contribution in [-0.2, 0) is 0 Å². The number of halogens is 2. The van der Waals surface area contributed by atoms with E-state index in [2.05, 4.69) is 10.1 Å². The Balaban J connectivity index is 2.89. The Hall–Kier alpha value is -1.83. The largest absolute Gasteiger partial charge is 0.435 e. The molecule has 0 atom stereocenters. The van der Waals surface area contributed by atoms with Gasteiger partial charge in [-0.3, -0.25) is 5.32 Å². The summed E-state index contributed by atoms with van der Waals surface area (Å²) in [5.41, 5.74) is 1.25. The first-order chi connectivity index (χ1) is 6.63. The highest BCUT2D eigenvalue weighted by atomic mass is 19.3. The number of alkyl halides is 2. The molecule has 0 aliphatic heterocycles. The Bertz CT molecular complexity index is 360. The van der Waals surface area contributed by atoms with Crippen LogP contribution in [0.2, 0.25) is 0 Å². The molecule has 1 aromatic carbocycles. The number of nitrogens with one attached hydrogen (secondary N) is 1. The summed E-state index contributed by atoms with van der Waals surface area (Å²) in [5, 5.41) is 10.7. The normalized spacial score (nSPS) is 9.64. The van der Waals surface area contributed by atoms with Crippen molar-refractivity contribution >= 4 is 5.69 Å². The molecule has 1 N–H and O–H groups in total. The molecule has 0 saturated carbocycles. The molecule has 5 heteroatoms. The third-order valence-corrected chi connectivity index (χ3v) is 1.62. The molecule has 0 heterocycles. The molecule has 1 aromatic rings. The smallest absolute Gasteiger partial charge is 0.387 e. The summed E-state index contributed by atoms with van der Waals surface area (Å²) >= 11 is 0. The van der Waals surface area contributed by atoms with Gasteiger partial charge in [0.2, 0.25) is 0 Å². The van der Waals surface area contributed by atoms with Crippen molar-refractivity contribution in [1.29, 1.82) is 5.26 Å². The summed E-state index contributed by atoms with van der Waals surface area (Å²) in [5.74, 6) is 0.0309. The lowest BCUT2D eigenvalue weighted by Gasteiger charge is -2.07. The second kappa shape index (κ2) is 4.42. The molecule has 0 aliphatic rings. The summed E-state index contributed by atoms with van der Waals surface area (Å²) in [4.78, 5) is 0. The quantitative estimate of drug-likeness (QED) is 0.599. The lowest BCUT2D eigenvalue weighted by atomic mass is 10.2. The van der Waals surface area contributed by atoms with Gasteiger partial charge in [-0.1, -0.05) is 6.07 Å². The highest BCUT2D eigenvalue weighted by Crippen LogP contribution is 2.22. The van der Waals surface area contributed by atoms with E-state index in [9.17, 15) is 8.78 Å². The minimum Gasteiger partial charge on any atom is -0.435 e. The topological polar surface area (TPSA) is 45.0 Å². The predicted octanol–water partition coefficient (Wildman–Crippen LogP) is 2.49. The van der Waals surface area contributed by atoms with E-state index in [0.717, 1.165) is 5.56 Å². The van der Waals surface area contributed by atoms with E-state index in [1.165, 1.54) is 12.1 Å². The van der Waals surface area contributed by atoms with Gasteiger partial charge in [0.25, 0.3) is 0 Å². The number of hydrogen-bond donors (Lipinski definition) is 1. The van der Waals surface area contributed by atoms with Crippen LogP contribution in [-0.4, -0.2) is 6.61 Å². The molecular formula is C9H8F2N2O. The molecule has 0 spiro atoms. The van der Waals surface area contributed by atoms with Crippen molar-refractivity contribution < 1.29 is 13.5 Å². The number of rotatable bonds is 3. The molecule has 0 saturated heterocycles. The fraction of sp³-hybridized carbons (Fsp3) is 0.222. The zero-order valence-electron chi connectivity index (χ0n) is 7.42. The molecule has 14 heavy (non-hydrogen) atoms. The van der Waals surface area contributed by atoms with Crippen molar-refractivity contribution in [3.05, 3.63) is 23.8 Å². The molecule has 0 unspecified atom stereocenters. The molecule has 0 aromatic heterocycles. The first kappa shape index (κ1) is 10.3. The van der Waals surface area contributed by atoms with Crippen LogP contribution in [0.5, 0.6) is 5.75 Å². The molecule has 74 valence electrons. The van der Waals surface area contributed by atoms with E-state index in [1.54, 1.807) is 19.2 Å². The first-order valence-corrected chi connectivity index (χ1v) is 3.84. The number of aryl methyl sites for hydroxylation is 1. The molecule has 0 aliphatic carbocycles. The van der Waals surface area contributed by atoms with Gasteiger partial charge in [0, 0.05) is 6.07 Å². The lowest BCUT2D eigenvalue weighted by Crippen LogP contribution is -2.02. The van der Waals surface area contributed by atoms with E-state index in [-0.39, 0.29) is 5.75 Å². The highest BCUT2D eigenvalue weighted by Gasteiger charge is 2.05. The molecule has 0 fully saturated rings. The van der Waals surface area contributed by atoms with Gasteiger partial charge >= 0.3 is 6.61 Å². The van der Waals surface area contributed by atoms with E-state index < -0.39 is 6.61 Å². The molecule has 3 nitrogen and oxygen atoms in total. The van der Waals surface area contributed by atoms with Gasteiger partial charge in [0.15, 0.2) is 6.19 Å². The van der Waals surface area contributed by atoms with E-state index in [4.69, 9.17) is 5.26 Å². The van der Waals surface area contributed by atoms with Gasteiger partial charge in [0.05, 0.1) is 5.69 Å². The zero-order valence-corrected chi connectivity index (χ0v) is 7.42. The van der Waals surface area contributed by atoms with E-state index >= 15 is 0 Å². The van der Waals surface area contributed by atoms with Crippen LogP contribution >= 0.6 is 0 Å². The van der Waals surface area contributed by atoms with Gasteiger partial charge in [-0.2, -0.15) is 14.0 Å². The maximum atomic E-state index is 11.8. The minimum absolute atomic E-state index is 0.0309. The highest BCUT2D eigenvalue weighted by molar-refractivity contribution is 5.56. The monoisotopic (exact) mass is 198 g/mol. The average Bonchev–Trinajstić information content (AvgIpc) is 2.10. The fourth-order valence-corrected chi connectivity index (χ4v) is 0.972. The third-order valence-electron chi connectivity index (χ3n) is 1.62. The van der Waals surface area contributed by atoms with Crippen LogP contribution in [0.25, 0.3) is 0 Å². The summed E-state index contributed by atoms with van der Waals surface area (Å²) in [7, 11) is 0. The van der Waals surface area contributed by atoms with Crippen LogP contribution < -0.4 is 10.1 Å². The zero-order chi connectivity index (χ0) is 10.6. The van der Waals surface area contributed by atoms with E-state index in [0.29, 0.717) is 5.69 Å². The maximum Gasteiger partial charge on any atom is 0.387 e. The third kappa shape index (κ3) is 2.59. The van der Waals surface area contributed by atoms with Crippen LogP contribution in [0, 0.1) is 18.4 Å². The summed E-state index contributed by atoms with van der Waals surface area (Å²) < 4.78 is 27.8. The molecule has 0 radical (unpaired) electrons. The van der Waals surface area contributed by atoms with Crippen molar-refractivity contribution in [1.82, 2.24) is 0 Å². The molecule has 1 rings (SSSR count). The van der Waals surface area contributed by atoms with Crippen LogP contribution in [0.4, 0.5) is 14.5 Å². The van der Waals surface area contributed by atoms with Gasteiger partial charge in [-0.15, -0.1) is 0 Å². The lowest BCUT2D eigenvalue weighted by molar-refractivity contribution is -0.0498. The number of ether oxygens (including phenoxy) is 1. The van der Waals surface area contributed by atoms with Crippen molar-refractivity contribution in [2.24, 2.45) is 0 Å². The Morgan fingerprint density at radius 3 is 2.79 bits per heavy atom. The van der Waals surface area contributed by atoms with Gasteiger partial charge < -0.3 is 4.74 Å². The number of benzene rings is 1. The Morgan fingerprint density at radius 2 is 2.21 bits per heavy atom. The summed E-state index contributed by atoms with van der Waals surface area (Å²) in [6.45, 7) is -1.10. The first-order valence-electron chi connectivity index (χ1n) is 3.84. The molecular weight excluding hydrogens is 190 g/mol. The van der Waals surface area contributed by atoms with Crippen LogP contribution in [0.1, 0.15) is 5.56 Å². The van der Waals surface area contributed by atoms with Crippen molar-refractivity contribution in [3.8, 4) is 11.9 Å². The standard InChI is InChI=1S/C9H8F2N2O/c1-6-2-3-7(14-9(10)11)4-8(6)13-5-12/h2-4,9,13H,1H3. The number of nitrogens with zero attached hydrogens (tertiary/aromatic N) is 1. The molecule has 0 amide bonds. The second-order valence-corrected chi connectivity index (χ2v) is 2.59. The van der Waals surface area contributed by atoms with E-state index in [1.807, 2.05) is 0 Å². The van der Waals surface area contributed by atoms with Crippen LogP contribution in [0.15, 0.2) is 18.2 Å². The van der Waals surface area contributed by atoms with Crippen molar-refractivity contribution in [3.63, 3.8) is 0 Å². The summed E-state index contributed by atoms with van der Waals surface area (Å²) in [6, 6.07) is 4.37. The Kier molecular flexibility index (Phi) is 3.24. The molecule has 0 bridgehead atoms. The summed E-state index contributed by atoms with van der Waals surface area (Å²) in [6.07, 6.45) is 1.71. The minimum atomic E-state index is -2.85. The number of hydrogen-bond acceptors (Lipinski definition) is 3. The Morgan fingerprint density at radius 1 is 1.50 bits per heavy atom. The van der Waals surface area contributed by atoms with Gasteiger partial charge in [-0.05, 0) is 18.6 Å². The fourth-order valence-electron chi connectivity index (χ4n) is 0.972. The van der Waals surface area contributed by atoms with Gasteiger partial charge in [0.1, 0.15) is 5.75 Å². The van der Waals surface area contributed by atoms with Crippen LogP contribution in [0.3, 0.4) is 0 Å². The van der Waals surface area contributed by atoms with Crippen molar-refractivity contribution in [2.45, 2.75) is 13.5 Å². The number of nitriles is 1. The van der Waals surface area contributed by atoms with Gasteiger partial charge in [-0.25, -0.2) is 0 Å². The second-order valence-electron chi connectivity index (χ2n) is 2.59. The average molecular weight is 198 g/mol. The maximum absolute atomic E-state index is 11.8. The SMILES string of the molecule is Cc1ccc(OC(F)F)cc1NC#N. The number of anilines is 1.